The summed E-state index contributed by atoms with van der Waals surface area (Å²) < 4.78 is 18.4. The molecule has 2 N–H and O–H groups in total. The molecule has 1 saturated carbocycles. The molecule has 0 saturated heterocycles. The fourth-order valence-corrected chi connectivity index (χ4v) is 3.17. The van der Waals surface area contributed by atoms with Crippen molar-refractivity contribution in [2.24, 2.45) is 11.8 Å². The summed E-state index contributed by atoms with van der Waals surface area (Å²) in [6.07, 6.45) is 1.07. The lowest BCUT2D eigenvalue weighted by Gasteiger charge is -2.33. The molecule has 0 spiro atoms. The van der Waals surface area contributed by atoms with E-state index in [9.17, 15) is 19.1 Å². The third-order valence-corrected chi connectivity index (χ3v) is 4.87. The molecular formula is C20H20FNO4. The van der Waals surface area contributed by atoms with Crippen molar-refractivity contribution in [3.05, 3.63) is 65.5 Å². The monoisotopic (exact) mass is 357 g/mol. The highest BCUT2D eigenvalue weighted by molar-refractivity contribution is 5.86. The zero-order valence-electron chi connectivity index (χ0n) is 14.3. The van der Waals surface area contributed by atoms with Gasteiger partial charge in [0.15, 0.2) is 0 Å². The van der Waals surface area contributed by atoms with Gasteiger partial charge in [-0.2, -0.15) is 0 Å². The van der Waals surface area contributed by atoms with Crippen molar-refractivity contribution in [3.8, 4) is 5.75 Å². The number of methoxy groups -OCH3 is 1. The molecule has 5 nitrogen and oxygen atoms in total. The summed E-state index contributed by atoms with van der Waals surface area (Å²) in [5.74, 6) is -2.09. The van der Waals surface area contributed by atoms with Gasteiger partial charge in [0.2, 0.25) is 5.91 Å². The SMILES string of the molecule is COc1ccc(C(NC(=O)C2CCC2C(=O)O)c2ccc(F)cc2)cc1. The van der Waals surface area contributed by atoms with Gasteiger partial charge in [0.1, 0.15) is 11.6 Å². The second-order valence-electron chi connectivity index (χ2n) is 6.39. The number of halogens is 1. The van der Waals surface area contributed by atoms with Gasteiger partial charge in [0.25, 0.3) is 0 Å². The van der Waals surface area contributed by atoms with E-state index < -0.39 is 23.8 Å². The number of hydrogen-bond acceptors (Lipinski definition) is 3. The Morgan fingerprint density at radius 1 is 1.04 bits per heavy atom. The summed E-state index contributed by atoms with van der Waals surface area (Å²) >= 11 is 0. The highest BCUT2D eigenvalue weighted by atomic mass is 19.1. The van der Waals surface area contributed by atoms with Gasteiger partial charge in [-0.1, -0.05) is 24.3 Å². The molecule has 3 atom stereocenters. The van der Waals surface area contributed by atoms with Crippen molar-refractivity contribution in [2.75, 3.05) is 7.11 Å². The molecule has 26 heavy (non-hydrogen) atoms. The van der Waals surface area contributed by atoms with E-state index in [1.807, 2.05) is 12.1 Å². The zero-order chi connectivity index (χ0) is 18.7. The van der Waals surface area contributed by atoms with E-state index >= 15 is 0 Å². The van der Waals surface area contributed by atoms with Crippen LogP contribution < -0.4 is 10.1 Å². The molecule has 2 aromatic carbocycles. The largest absolute Gasteiger partial charge is 0.497 e. The summed E-state index contributed by atoms with van der Waals surface area (Å²) in [5, 5.41) is 12.1. The Hall–Kier alpha value is -2.89. The van der Waals surface area contributed by atoms with E-state index in [0.717, 1.165) is 11.1 Å². The highest BCUT2D eigenvalue weighted by Crippen LogP contribution is 2.35. The van der Waals surface area contributed by atoms with E-state index in [1.165, 1.54) is 12.1 Å². The van der Waals surface area contributed by atoms with Crippen LogP contribution in [0.3, 0.4) is 0 Å². The van der Waals surface area contributed by atoms with Crippen LogP contribution in [-0.2, 0) is 9.59 Å². The molecule has 1 amide bonds. The molecular weight excluding hydrogens is 337 g/mol. The van der Waals surface area contributed by atoms with Crippen LogP contribution >= 0.6 is 0 Å². The van der Waals surface area contributed by atoms with Crippen LogP contribution in [0.4, 0.5) is 4.39 Å². The van der Waals surface area contributed by atoms with Gasteiger partial charge in [0.05, 0.1) is 25.0 Å². The van der Waals surface area contributed by atoms with Gasteiger partial charge >= 0.3 is 5.97 Å². The minimum atomic E-state index is -0.945. The number of carbonyl (C=O) groups is 2. The van der Waals surface area contributed by atoms with Crippen molar-refractivity contribution in [1.82, 2.24) is 5.32 Å². The van der Waals surface area contributed by atoms with Crippen molar-refractivity contribution in [3.63, 3.8) is 0 Å². The van der Waals surface area contributed by atoms with Crippen molar-refractivity contribution >= 4 is 11.9 Å². The number of ether oxygens (including phenoxy) is 1. The number of carbonyl (C=O) groups excluding carboxylic acids is 1. The molecule has 0 aromatic heterocycles. The Labute approximate surface area is 150 Å². The minimum absolute atomic E-state index is 0.297. The number of benzene rings is 2. The van der Waals surface area contributed by atoms with Crippen LogP contribution in [0, 0.1) is 17.7 Å². The standard InChI is InChI=1S/C20H20FNO4/c1-26-15-8-4-13(5-9-15)18(12-2-6-14(21)7-3-12)22-19(23)16-10-11-17(16)20(24)25/h2-9,16-18H,10-11H2,1H3,(H,22,23)(H,24,25). The summed E-state index contributed by atoms with van der Waals surface area (Å²) in [7, 11) is 1.57. The van der Waals surface area contributed by atoms with E-state index in [0.29, 0.717) is 18.6 Å². The zero-order valence-corrected chi connectivity index (χ0v) is 14.3. The van der Waals surface area contributed by atoms with Crippen LogP contribution in [0.1, 0.15) is 30.0 Å². The van der Waals surface area contributed by atoms with E-state index in [4.69, 9.17) is 4.74 Å². The van der Waals surface area contributed by atoms with Gasteiger partial charge < -0.3 is 15.2 Å². The minimum Gasteiger partial charge on any atom is -0.497 e. The lowest BCUT2D eigenvalue weighted by Crippen LogP contribution is -2.45. The molecule has 0 bridgehead atoms. The molecule has 136 valence electrons. The lowest BCUT2D eigenvalue weighted by atomic mass is 9.73. The average molecular weight is 357 g/mol. The molecule has 0 radical (unpaired) electrons. The topological polar surface area (TPSA) is 75.6 Å². The van der Waals surface area contributed by atoms with Crippen molar-refractivity contribution in [2.45, 2.75) is 18.9 Å². The predicted octanol–water partition coefficient (Wildman–Crippen LogP) is 3.15. The number of amides is 1. The van der Waals surface area contributed by atoms with Crippen LogP contribution in [0.5, 0.6) is 5.75 Å². The van der Waals surface area contributed by atoms with E-state index in [-0.39, 0.29) is 11.7 Å². The summed E-state index contributed by atoms with van der Waals surface area (Å²) in [4.78, 5) is 23.8. The first kappa shape index (κ1) is 17.9. The number of nitrogens with one attached hydrogen (secondary N) is 1. The lowest BCUT2D eigenvalue weighted by molar-refractivity contribution is -0.152. The Balaban J connectivity index is 1.86. The Morgan fingerprint density at radius 2 is 1.58 bits per heavy atom. The number of carboxylic acids is 1. The number of hydrogen-bond donors (Lipinski definition) is 2. The third-order valence-electron chi connectivity index (χ3n) is 4.87. The molecule has 0 aliphatic heterocycles. The quantitative estimate of drug-likeness (QED) is 0.833. The number of carboxylic acid groups (broad SMARTS) is 1. The van der Waals surface area contributed by atoms with Crippen LogP contribution in [-0.4, -0.2) is 24.1 Å². The van der Waals surface area contributed by atoms with Gasteiger partial charge in [-0.3, -0.25) is 9.59 Å². The Bertz CT molecular complexity index is 788. The molecule has 6 heteroatoms. The maximum absolute atomic E-state index is 13.3. The van der Waals surface area contributed by atoms with Crippen molar-refractivity contribution < 1.29 is 23.8 Å². The smallest absolute Gasteiger partial charge is 0.307 e. The van der Waals surface area contributed by atoms with Gasteiger partial charge in [-0.05, 0) is 48.2 Å². The fraction of sp³-hybridized carbons (Fsp3) is 0.300. The summed E-state index contributed by atoms with van der Waals surface area (Å²) in [6, 6.07) is 12.6. The molecule has 3 unspecified atom stereocenters. The summed E-state index contributed by atoms with van der Waals surface area (Å²) in [5.41, 5.74) is 1.52. The first-order valence-electron chi connectivity index (χ1n) is 8.42. The van der Waals surface area contributed by atoms with Gasteiger partial charge in [0, 0.05) is 0 Å². The normalized spacial score (nSPS) is 19.9. The van der Waals surface area contributed by atoms with E-state index in [1.54, 1.807) is 31.4 Å². The molecule has 3 rings (SSSR count). The second kappa shape index (κ2) is 7.56. The van der Waals surface area contributed by atoms with Gasteiger partial charge in [-0.15, -0.1) is 0 Å². The molecule has 1 aliphatic rings. The predicted molar refractivity (Wildman–Crippen MR) is 93.2 cm³/mol. The maximum atomic E-state index is 13.3. The first-order valence-corrected chi connectivity index (χ1v) is 8.42. The van der Waals surface area contributed by atoms with Gasteiger partial charge in [-0.25, -0.2) is 4.39 Å². The summed E-state index contributed by atoms with van der Waals surface area (Å²) in [6.45, 7) is 0. The van der Waals surface area contributed by atoms with Crippen LogP contribution in [0.25, 0.3) is 0 Å². The number of rotatable bonds is 6. The van der Waals surface area contributed by atoms with Crippen LogP contribution in [0.15, 0.2) is 48.5 Å². The van der Waals surface area contributed by atoms with Crippen molar-refractivity contribution in [1.29, 1.82) is 0 Å². The van der Waals surface area contributed by atoms with Crippen LogP contribution in [0.2, 0.25) is 0 Å². The highest BCUT2D eigenvalue weighted by Gasteiger charge is 2.42. The second-order valence-corrected chi connectivity index (χ2v) is 6.39. The first-order chi connectivity index (χ1) is 12.5. The third kappa shape index (κ3) is 3.69. The number of aliphatic carboxylic acids is 1. The Morgan fingerprint density at radius 3 is 2.04 bits per heavy atom. The fourth-order valence-electron chi connectivity index (χ4n) is 3.17. The molecule has 0 heterocycles. The van der Waals surface area contributed by atoms with E-state index in [2.05, 4.69) is 5.32 Å². The average Bonchev–Trinajstić information content (AvgIpc) is 2.59. The molecule has 1 fully saturated rings. The maximum Gasteiger partial charge on any atom is 0.307 e. The molecule has 2 aromatic rings. The Kier molecular flexibility index (Phi) is 5.21. The molecule has 1 aliphatic carbocycles.